The maximum absolute atomic E-state index is 12.6. The lowest BCUT2D eigenvalue weighted by Gasteiger charge is -2.24. The van der Waals surface area contributed by atoms with E-state index in [1.807, 2.05) is 30.3 Å². The van der Waals surface area contributed by atoms with Crippen molar-refractivity contribution in [1.29, 1.82) is 0 Å². The second kappa shape index (κ2) is 6.82. The van der Waals surface area contributed by atoms with Crippen molar-refractivity contribution >= 4 is 22.6 Å². The van der Waals surface area contributed by atoms with Crippen LogP contribution in [0.1, 0.15) is 41.7 Å². The molecule has 122 valence electrons. The highest BCUT2D eigenvalue weighted by atomic mass is 16.6. The molecule has 0 radical (unpaired) electrons. The summed E-state index contributed by atoms with van der Waals surface area (Å²) in [6.45, 7) is 2.05. The summed E-state index contributed by atoms with van der Waals surface area (Å²) in [6, 6.07) is 12.9. The molecule has 0 heterocycles. The Balaban J connectivity index is 2.17. The number of ketones is 1. The molecule has 0 aliphatic carbocycles. The van der Waals surface area contributed by atoms with Crippen LogP contribution < -0.4 is 0 Å². The molecule has 0 bridgehead atoms. The predicted octanol–water partition coefficient (Wildman–Crippen LogP) is 4.28. The highest BCUT2D eigenvalue weighted by molar-refractivity contribution is 6.08. The van der Waals surface area contributed by atoms with Crippen molar-refractivity contribution in [3.63, 3.8) is 0 Å². The highest BCUT2D eigenvalue weighted by Gasteiger charge is 2.20. The van der Waals surface area contributed by atoms with Crippen molar-refractivity contribution in [1.82, 2.24) is 4.90 Å². The van der Waals surface area contributed by atoms with Crippen LogP contribution in [0, 0.1) is 0 Å². The van der Waals surface area contributed by atoms with Gasteiger partial charge in [0.1, 0.15) is 5.60 Å². The first-order valence-corrected chi connectivity index (χ1v) is 7.50. The van der Waals surface area contributed by atoms with E-state index in [0.29, 0.717) is 10.5 Å². The lowest BCUT2D eigenvalue weighted by molar-refractivity contribution is 0.0298. The van der Waals surface area contributed by atoms with E-state index in [4.69, 9.17) is 8.85 Å². The second-order valence-corrected chi connectivity index (χ2v) is 6.33. The van der Waals surface area contributed by atoms with Crippen LogP contribution in [0.5, 0.6) is 0 Å². The molecule has 0 unspecified atom stereocenters. The van der Waals surface area contributed by atoms with Crippen LogP contribution in [0.15, 0.2) is 42.5 Å². The number of fused-ring (bicyclic) bond motifs is 1. The van der Waals surface area contributed by atoms with Gasteiger partial charge in [-0.05, 0) is 31.5 Å². The highest BCUT2D eigenvalue weighted by Crippen LogP contribution is 2.20. The Kier molecular flexibility index (Phi) is 3.89. The molecular weight excluding hydrogens is 290 g/mol. The van der Waals surface area contributed by atoms with E-state index >= 15 is 0 Å². The first-order chi connectivity index (χ1) is 12.0. The SMILES string of the molecule is [2H]C([2H])([2H])N(CCC(=O)c1cccc2ccccc12)C(=O)OC(C)(C)C. The van der Waals surface area contributed by atoms with Crippen molar-refractivity contribution in [2.24, 2.45) is 0 Å². The van der Waals surface area contributed by atoms with Crippen LogP contribution in [0.3, 0.4) is 0 Å². The fourth-order valence-corrected chi connectivity index (χ4v) is 2.22. The summed E-state index contributed by atoms with van der Waals surface area (Å²) in [5.74, 6) is -0.223. The molecule has 1 amide bonds. The van der Waals surface area contributed by atoms with Gasteiger partial charge in [0.2, 0.25) is 0 Å². The Hall–Kier alpha value is -2.36. The van der Waals surface area contributed by atoms with Gasteiger partial charge < -0.3 is 9.64 Å². The zero-order valence-electron chi connectivity index (χ0n) is 16.6. The Morgan fingerprint density at radius 2 is 1.83 bits per heavy atom. The van der Waals surface area contributed by atoms with Gasteiger partial charge in [-0.3, -0.25) is 4.79 Å². The van der Waals surface area contributed by atoms with Crippen LogP contribution >= 0.6 is 0 Å². The van der Waals surface area contributed by atoms with E-state index in [-0.39, 0.29) is 18.7 Å². The summed E-state index contributed by atoms with van der Waals surface area (Å²) in [4.78, 5) is 25.5. The third-order valence-corrected chi connectivity index (χ3v) is 3.27. The lowest BCUT2D eigenvalue weighted by Crippen LogP contribution is -2.35. The smallest absolute Gasteiger partial charge is 0.410 e. The van der Waals surface area contributed by atoms with Gasteiger partial charge in [0, 0.05) is 29.6 Å². The molecule has 0 atom stereocenters. The van der Waals surface area contributed by atoms with Gasteiger partial charge in [-0.15, -0.1) is 0 Å². The number of carbonyl (C=O) groups is 2. The molecule has 0 saturated heterocycles. The van der Waals surface area contributed by atoms with Crippen molar-refractivity contribution in [3.8, 4) is 0 Å². The van der Waals surface area contributed by atoms with Crippen molar-refractivity contribution in [2.45, 2.75) is 32.8 Å². The summed E-state index contributed by atoms with van der Waals surface area (Å²) >= 11 is 0. The Bertz CT molecular complexity index is 804. The van der Waals surface area contributed by atoms with Crippen molar-refractivity contribution in [3.05, 3.63) is 48.0 Å². The van der Waals surface area contributed by atoms with Crippen LogP contribution in [0.4, 0.5) is 4.79 Å². The fraction of sp³-hybridized carbons (Fsp3) is 0.368. The summed E-state index contributed by atoms with van der Waals surface area (Å²) in [6.07, 6.45) is -1.06. The molecule has 0 saturated carbocycles. The van der Waals surface area contributed by atoms with E-state index in [1.165, 1.54) is 0 Å². The largest absolute Gasteiger partial charge is 0.444 e. The van der Waals surface area contributed by atoms with E-state index in [2.05, 4.69) is 0 Å². The monoisotopic (exact) mass is 316 g/mol. The number of hydrogen-bond acceptors (Lipinski definition) is 3. The van der Waals surface area contributed by atoms with Crippen LogP contribution in [0.2, 0.25) is 0 Å². The summed E-state index contributed by atoms with van der Waals surface area (Å²) in [7, 11) is 0. The standard InChI is InChI=1S/C19H23NO3/c1-19(2,3)23-18(22)20(4)13-12-17(21)16-11-7-9-14-8-5-6-10-15(14)16/h5-11H,12-13H2,1-4H3/i4D3. The van der Waals surface area contributed by atoms with E-state index < -0.39 is 18.7 Å². The number of amides is 1. The number of nitrogens with zero attached hydrogens (tertiary/aromatic N) is 1. The average Bonchev–Trinajstić information content (AvgIpc) is 2.51. The third kappa shape index (κ3) is 4.55. The van der Waals surface area contributed by atoms with E-state index in [1.54, 1.807) is 32.9 Å². The molecule has 2 aromatic rings. The summed E-state index contributed by atoms with van der Waals surface area (Å²) in [5.41, 5.74) is -0.307. The second-order valence-electron chi connectivity index (χ2n) is 6.33. The van der Waals surface area contributed by atoms with Gasteiger partial charge in [0.25, 0.3) is 0 Å². The first-order valence-electron chi connectivity index (χ1n) is 9.00. The quantitative estimate of drug-likeness (QED) is 0.791. The molecule has 4 nitrogen and oxygen atoms in total. The van der Waals surface area contributed by atoms with Crippen LogP contribution in [-0.2, 0) is 4.74 Å². The van der Waals surface area contributed by atoms with Gasteiger partial charge in [-0.2, -0.15) is 0 Å². The summed E-state index contributed by atoms with van der Waals surface area (Å²) < 4.78 is 27.8. The average molecular weight is 316 g/mol. The number of ether oxygens (including phenoxy) is 1. The minimum absolute atomic E-state index is 0.106. The maximum Gasteiger partial charge on any atom is 0.410 e. The number of benzene rings is 2. The van der Waals surface area contributed by atoms with Crippen molar-refractivity contribution < 1.29 is 18.4 Å². The molecule has 0 aliphatic rings. The van der Waals surface area contributed by atoms with Gasteiger partial charge in [-0.25, -0.2) is 4.79 Å². The molecule has 2 aromatic carbocycles. The minimum Gasteiger partial charge on any atom is -0.444 e. The summed E-state index contributed by atoms with van der Waals surface area (Å²) in [5, 5.41) is 1.73. The zero-order valence-corrected chi connectivity index (χ0v) is 13.6. The van der Waals surface area contributed by atoms with E-state index in [9.17, 15) is 9.59 Å². The van der Waals surface area contributed by atoms with Crippen LogP contribution in [-0.4, -0.2) is 35.9 Å². The maximum atomic E-state index is 12.6. The van der Waals surface area contributed by atoms with Crippen LogP contribution in [0.25, 0.3) is 10.8 Å². The topological polar surface area (TPSA) is 46.6 Å². The van der Waals surface area contributed by atoms with Gasteiger partial charge in [0.05, 0.1) is 0 Å². The van der Waals surface area contributed by atoms with Gasteiger partial charge >= 0.3 is 6.09 Å². The predicted molar refractivity (Wildman–Crippen MR) is 91.8 cm³/mol. The third-order valence-electron chi connectivity index (χ3n) is 3.27. The molecule has 0 N–H and O–H groups in total. The molecular formula is C19H23NO3. The fourth-order valence-electron chi connectivity index (χ4n) is 2.22. The molecule has 23 heavy (non-hydrogen) atoms. The molecule has 4 heteroatoms. The molecule has 0 aromatic heterocycles. The zero-order chi connectivity index (χ0) is 19.5. The molecule has 2 rings (SSSR count). The number of hydrogen-bond donors (Lipinski definition) is 0. The Morgan fingerprint density at radius 3 is 2.52 bits per heavy atom. The first kappa shape index (κ1) is 13.1. The Morgan fingerprint density at radius 1 is 1.13 bits per heavy atom. The normalized spacial score (nSPS) is 13.8. The number of rotatable bonds is 4. The van der Waals surface area contributed by atoms with E-state index in [0.717, 1.165) is 10.8 Å². The van der Waals surface area contributed by atoms with Gasteiger partial charge in [0.15, 0.2) is 5.78 Å². The number of Topliss-reactive ketones (excluding diaryl/α,β-unsaturated/α-hetero) is 1. The number of carbonyl (C=O) groups excluding carboxylic acids is 2. The Labute approximate surface area is 141 Å². The molecule has 0 spiro atoms. The van der Waals surface area contributed by atoms with Gasteiger partial charge in [-0.1, -0.05) is 42.5 Å². The molecule has 0 aliphatic heterocycles. The van der Waals surface area contributed by atoms with Crippen molar-refractivity contribution in [2.75, 3.05) is 13.5 Å². The molecule has 0 fully saturated rings. The lowest BCUT2D eigenvalue weighted by atomic mass is 10.00. The minimum atomic E-state index is -2.68.